The van der Waals surface area contributed by atoms with Crippen LogP contribution in [-0.4, -0.2) is 0 Å². The molecule has 0 nitrogen and oxygen atoms in total. The van der Waals surface area contributed by atoms with E-state index in [1.807, 2.05) is 19.0 Å². The van der Waals surface area contributed by atoms with Crippen molar-refractivity contribution in [3.05, 3.63) is 0 Å². The Labute approximate surface area is 77.3 Å². The number of hydrogen-bond donors (Lipinski definition) is 0. The number of rotatable bonds is 0. The molecule has 6 heavy (non-hydrogen) atoms. The van der Waals surface area contributed by atoms with E-state index in [2.05, 4.69) is 17.3 Å². The molecule has 0 saturated heterocycles. The average molecular weight is 538 g/mol. The summed E-state index contributed by atoms with van der Waals surface area (Å²) in [5.74, 6) is 0. The quantitative estimate of drug-likeness (QED) is 0.329. The van der Waals surface area contributed by atoms with Gasteiger partial charge in [-0.1, -0.05) is 0 Å². The first-order valence-electron chi connectivity index (χ1n) is 0.456. The Morgan fingerprint density at radius 2 is 1.17 bits per heavy atom. The second-order valence-electron chi connectivity index (χ2n) is 0.129. The Hall–Kier alpha value is 3.08. The Morgan fingerprint density at radius 3 is 1.17 bits per heavy atom. The summed E-state index contributed by atoms with van der Waals surface area (Å²) in [6, 6.07) is 0. The first-order chi connectivity index (χ1) is 2.73. The minimum atomic E-state index is -1.79. The van der Waals surface area contributed by atoms with Gasteiger partial charge in [-0.25, -0.2) is 0 Å². The van der Waals surface area contributed by atoms with Crippen LogP contribution in [0.1, 0.15) is 0 Å². The van der Waals surface area contributed by atoms with Crippen LogP contribution in [0, 0.1) is 0 Å². The van der Waals surface area contributed by atoms with E-state index < -0.39 is 15.2 Å². The van der Waals surface area contributed by atoms with E-state index in [-0.39, 0.29) is 0 Å². The summed E-state index contributed by atoms with van der Waals surface area (Å²) < 4.78 is 0. The van der Waals surface area contributed by atoms with Crippen LogP contribution < -0.4 is 0 Å². The van der Waals surface area contributed by atoms with E-state index in [0.717, 1.165) is 0 Å². The average Bonchev–Trinajstić information content (AvgIpc) is 1.41. The van der Waals surface area contributed by atoms with E-state index in [1.54, 1.807) is 0 Å². The van der Waals surface area contributed by atoms with Gasteiger partial charge >= 0.3 is 79.0 Å². The van der Waals surface area contributed by atoms with Crippen LogP contribution >= 0.6 is 46.6 Å². The zero-order valence-corrected chi connectivity index (χ0v) is 10.2. The van der Waals surface area contributed by atoms with Crippen LogP contribution in [-0.2, 0) is 32.4 Å². The molecule has 0 aromatic rings. The van der Waals surface area contributed by atoms with E-state index in [9.17, 15) is 0 Å². The van der Waals surface area contributed by atoms with Crippen LogP contribution in [0.3, 0.4) is 0 Å². The van der Waals surface area contributed by atoms with Gasteiger partial charge < -0.3 is 0 Å². The molecule has 0 aliphatic heterocycles. The van der Waals surface area contributed by atoms with Gasteiger partial charge in [-0.05, 0) is 0 Å². The van der Waals surface area contributed by atoms with E-state index >= 15 is 0 Å². The van der Waals surface area contributed by atoms with Gasteiger partial charge in [0.1, 0.15) is 0 Å². The summed E-state index contributed by atoms with van der Waals surface area (Å²) in [5, 5.41) is 0. The molecular weight excluding hydrogens is 538 g/mol. The van der Waals surface area contributed by atoms with Gasteiger partial charge in [-0.3, -0.25) is 0 Å². The molecule has 6 heteroatoms. The predicted octanol–water partition coefficient (Wildman–Crippen LogP) is 2.95. The van der Waals surface area contributed by atoms with E-state index in [1.165, 1.54) is 0 Å². The molecule has 0 aliphatic rings. The monoisotopic (exact) mass is 536 g/mol. The second-order valence-corrected chi connectivity index (χ2v) is 9.52. The summed E-state index contributed by atoms with van der Waals surface area (Å²) >= 11 is 3.09. The third-order valence-electron chi connectivity index (χ3n) is 0. The van der Waals surface area contributed by atoms with Crippen LogP contribution in [0.5, 0.6) is 0 Å². The molecule has 0 unspecified atom stereocenters. The molecule has 0 heterocycles. The summed E-state index contributed by atoms with van der Waals surface area (Å²) in [6.07, 6.45) is 0. The fourth-order valence-electron chi connectivity index (χ4n) is 0. The predicted molar refractivity (Wildman–Crippen MR) is 31.6 cm³/mol. The van der Waals surface area contributed by atoms with Crippen molar-refractivity contribution in [2.75, 3.05) is 0 Å². The Kier molecular flexibility index (Phi) is 21.6. The standard InChI is InChI=1S/Ag.Au.3ClH.HI/h;;4*1H/q+1;+3;;;;/p-4. The van der Waals surface area contributed by atoms with E-state index in [4.69, 9.17) is 27.6 Å². The third kappa shape index (κ3) is 27.6. The van der Waals surface area contributed by atoms with E-state index in [0.29, 0.717) is 0 Å². The molecule has 0 radical (unpaired) electrons. The van der Waals surface area contributed by atoms with Gasteiger partial charge in [0.25, 0.3) is 0 Å². The SMILES string of the molecule is [Ag][I].[Cl][Au]([Cl])[Cl]. The Morgan fingerprint density at radius 1 is 1.17 bits per heavy atom. The number of halogens is 4. The van der Waals surface area contributed by atoms with Gasteiger partial charge in [0.2, 0.25) is 0 Å². The van der Waals surface area contributed by atoms with Crippen LogP contribution in [0.2, 0.25) is 0 Å². The summed E-state index contributed by atoms with van der Waals surface area (Å²) in [6.45, 7) is 0. The Balaban J connectivity index is 0. The maximum atomic E-state index is 4.95. The molecule has 0 rings (SSSR count). The Bertz CT molecular complexity index is 15.5. The number of hydrogen-bond acceptors (Lipinski definition) is 0. The topological polar surface area (TPSA) is 0 Å². The molecule has 0 fully saturated rings. The van der Waals surface area contributed by atoms with Crippen molar-refractivity contribution in [2.45, 2.75) is 0 Å². The molecule has 0 spiro atoms. The first-order valence-corrected chi connectivity index (χ1v) is 12.9. The molecule has 0 aromatic carbocycles. The molecule has 0 amide bonds. The van der Waals surface area contributed by atoms with Crippen molar-refractivity contribution in [1.29, 1.82) is 0 Å². The molecule has 0 N–H and O–H groups in total. The molecule has 0 aliphatic carbocycles. The normalized spacial score (nSPS) is 8.67. The van der Waals surface area contributed by atoms with Crippen molar-refractivity contribution in [1.82, 2.24) is 0 Å². The van der Waals surface area contributed by atoms with Crippen molar-refractivity contribution < 1.29 is 32.4 Å². The zero-order chi connectivity index (χ0) is 5.58. The second kappa shape index (κ2) is 11.0. The molecule has 50 valence electrons. The zero-order valence-electron chi connectivity index (χ0n) is 2.11. The molecule has 0 bridgehead atoms. The van der Waals surface area contributed by atoms with Crippen LogP contribution in [0.15, 0.2) is 0 Å². The summed E-state index contributed by atoms with van der Waals surface area (Å²) in [7, 11) is 14.9. The van der Waals surface area contributed by atoms with Gasteiger partial charge in [0.15, 0.2) is 0 Å². The van der Waals surface area contributed by atoms with Gasteiger partial charge in [0, 0.05) is 0 Å². The van der Waals surface area contributed by atoms with Gasteiger partial charge in [-0.2, -0.15) is 0 Å². The molecular formula is AgAuCl3I. The molecule has 0 saturated carbocycles. The van der Waals surface area contributed by atoms with Crippen molar-refractivity contribution in [2.24, 2.45) is 0 Å². The first kappa shape index (κ1) is 11.8. The third-order valence-corrected chi connectivity index (χ3v) is 0. The fraction of sp³-hybridized carbons (Fsp3) is 0. The maximum absolute atomic E-state index is 4.95. The van der Waals surface area contributed by atoms with Crippen molar-refractivity contribution >= 4 is 46.6 Å². The van der Waals surface area contributed by atoms with Crippen LogP contribution in [0.4, 0.5) is 0 Å². The van der Waals surface area contributed by atoms with Crippen LogP contribution in [0.25, 0.3) is 0 Å². The van der Waals surface area contributed by atoms with Crippen molar-refractivity contribution in [3.8, 4) is 0 Å². The molecule has 0 atom stereocenters. The van der Waals surface area contributed by atoms with Gasteiger partial charge in [0.05, 0.1) is 0 Å². The summed E-state index contributed by atoms with van der Waals surface area (Å²) in [4.78, 5) is 0. The minimum absolute atomic E-state index is 1.79. The fourth-order valence-corrected chi connectivity index (χ4v) is 0. The summed E-state index contributed by atoms with van der Waals surface area (Å²) in [5.41, 5.74) is 0. The van der Waals surface area contributed by atoms with Gasteiger partial charge in [-0.15, -0.1) is 0 Å². The molecule has 0 aromatic heterocycles. The van der Waals surface area contributed by atoms with Crippen molar-refractivity contribution in [3.63, 3.8) is 0 Å².